The van der Waals surface area contributed by atoms with Crippen molar-refractivity contribution < 1.29 is 23.5 Å². The Labute approximate surface area is 166 Å². The Morgan fingerprint density at radius 2 is 1.89 bits per heavy atom. The van der Waals surface area contributed by atoms with Crippen LogP contribution in [0.25, 0.3) is 6.08 Å². The van der Waals surface area contributed by atoms with Crippen molar-refractivity contribution >= 4 is 29.6 Å². The van der Waals surface area contributed by atoms with Gasteiger partial charge in [-0.1, -0.05) is 23.7 Å². The molecule has 1 aliphatic heterocycles. The summed E-state index contributed by atoms with van der Waals surface area (Å²) in [5.74, 6) is 0.0498. The number of carbonyl (C=O) groups excluding carboxylic acids is 2. The van der Waals surface area contributed by atoms with Crippen LogP contribution in [0.5, 0.6) is 11.5 Å². The van der Waals surface area contributed by atoms with E-state index < -0.39 is 11.9 Å². The summed E-state index contributed by atoms with van der Waals surface area (Å²) in [7, 11) is 1.50. The van der Waals surface area contributed by atoms with Gasteiger partial charge in [-0.2, -0.15) is 0 Å². The minimum atomic E-state index is -0.561. The van der Waals surface area contributed by atoms with Gasteiger partial charge in [0.1, 0.15) is 11.5 Å². The summed E-state index contributed by atoms with van der Waals surface area (Å²) in [6.07, 6.45) is 1.48. The van der Waals surface area contributed by atoms with E-state index in [0.29, 0.717) is 34.3 Å². The number of hydrogen-bond donors (Lipinski definition) is 1. The van der Waals surface area contributed by atoms with Gasteiger partial charge in [0.25, 0.3) is 5.91 Å². The van der Waals surface area contributed by atoms with E-state index in [4.69, 9.17) is 21.1 Å². The molecule has 0 spiro atoms. The number of nitrogens with one attached hydrogen (secondary N) is 1. The fourth-order valence-electron chi connectivity index (χ4n) is 2.73. The van der Waals surface area contributed by atoms with Crippen molar-refractivity contribution in [2.75, 3.05) is 13.7 Å². The fraction of sp³-hybridized carbons (Fsp3) is 0.200. The van der Waals surface area contributed by atoms with E-state index in [2.05, 4.69) is 5.32 Å². The molecule has 8 heteroatoms. The molecule has 0 atom stereocenters. The smallest absolute Gasteiger partial charge is 0.329 e. The van der Waals surface area contributed by atoms with Crippen LogP contribution in [0.4, 0.5) is 9.18 Å². The summed E-state index contributed by atoms with van der Waals surface area (Å²) in [6, 6.07) is 8.25. The average molecular weight is 405 g/mol. The molecule has 2 aromatic rings. The lowest BCUT2D eigenvalue weighted by atomic mass is 10.1. The Hall–Kier alpha value is -3.06. The number of ether oxygens (including phenoxy) is 2. The zero-order chi connectivity index (χ0) is 20.3. The van der Waals surface area contributed by atoms with E-state index in [0.717, 1.165) is 4.90 Å². The van der Waals surface area contributed by atoms with E-state index >= 15 is 0 Å². The normalized spacial score (nSPS) is 15.1. The second kappa shape index (κ2) is 8.31. The van der Waals surface area contributed by atoms with Crippen LogP contribution >= 0.6 is 11.6 Å². The predicted octanol–water partition coefficient (Wildman–Crippen LogP) is 3.98. The van der Waals surface area contributed by atoms with Crippen molar-refractivity contribution in [2.24, 2.45) is 0 Å². The van der Waals surface area contributed by atoms with Crippen LogP contribution in [-0.2, 0) is 11.3 Å². The average Bonchev–Trinajstić information content (AvgIpc) is 2.93. The lowest BCUT2D eigenvalue weighted by molar-refractivity contribution is -0.123. The van der Waals surface area contributed by atoms with Gasteiger partial charge in [-0.25, -0.2) is 9.18 Å². The van der Waals surface area contributed by atoms with Gasteiger partial charge < -0.3 is 14.8 Å². The van der Waals surface area contributed by atoms with Crippen LogP contribution in [0.3, 0.4) is 0 Å². The Kier molecular flexibility index (Phi) is 5.84. The largest absolute Gasteiger partial charge is 0.493 e. The van der Waals surface area contributed by atoms with Gasteiger partial charge in [0.15, 0.2) is 11.5 Å². The third-order valence-electron chi connectivity index (χ3n) is 4.10. The van der Waals surface area contributed by atoms with Crippen molar-refractivity contribution in [2.45, 2.75) is 13.5 Å². The van der Waals surface area contributed by atoms with Crippen LogP contribution in [-0.4, -0.2) is 30.6 Å². The Balaban J connectivity index is 1.86. The number of methoxy groups -OCH3 is 1. The zero-order valence-electron chi connectivity index (χ0n) is 15.3. The van der Waals surface area contributed by atoms with Crippen LogP contribution < -0.4 is 14.8 Å². The van der Waals surface area contributed by atoms with Gasteiger partial charge in [0.2, 0.25) is 0 Å². The van der Waals surface area contributed by atoms with Crippen LogP contribution in [0.2, 0.25) is 5.02 Å². The molecular weight excluding hydrogens is 387 g/mol. The molecule has 1 aliphatic rings. The Bertz CT molecular complexity index is 944. The summed E-state index contributed by atoms with van der Waals surface area (Å²) in [5.41, 5.74) is 1.21. The number of carbonyl (C=O) groups is 2. The van der Waals surface area contributed by atoms with Gasteiger partial charge in [0, 0.05) is 6.07 Å². The number of hydrogen-bond acceptors (Lipinski definition) is 4. The van der Waals surface area contributed by atoms with Crippen LogP contribution in [0, 0.1) is 5.82 Å². The maximum Gasteiger partial charge on any atom is 0.329 e. The SMILES string of the molecule is CCOc1cc(Cl)c(/C=C2/NC(=O)N(Cc3ccc(F)cc3)C2=O)cc1OC. The second-order valence-corrected chi connectivity index (χ2v) is 6.37. The molecule has 2 aromatic carbocycles. The molecule has 0 aromatic heterocycles. The molecular formula is C20H18ClFN2O4. The fourth-order valence-corrected chi connectivity index (χ4v) is 2.94. The van der Waals surface area contributed by atoms with E-state index in [9.17, 15) is 14.0 Å². The lowest BCUT2D eigenvalue weighted by Gasteiger charge is -2.12. The molecule has 146 valence electrons. The monoisotopic (exact) mass is 404 g/mol. The molecule has 1 heterocycles. The summed E-state index contributed by atoms with van der Waals surface area (Å²) >= 11 is 6.28. The third-order valence-corrected chi connectivity index (χ3v) is 4.43. The number of rotatable bonds is 6. The molecule has 28 heavy (non-hydrogen) atoms. The first-order valence-corrected chi connectivity index (χ1v) is 8.90. The Morgan fingerprint density at radius 1 is 1.18 bits per heavy atom. The summed E-state index contributed by atoms with van der Waals surface area (Å²) in [6.45, 7) is 2.31. The standard InChI is InChI=1S/C20H18ClFN2O4/c1-3-28-18-10-15(21)13(9-17(18)27-2)8-16-19(25)24(20(26)23-16)11-12-4-6-14(22)7-5-12/h4-10H,3,11H2,1-2H3,(H,23,26)/b16-8+. The first-order valence-electron chi connectivity index (χ1n) is 8.52. The van der Waals surface area contributed by atoms with Crippen molar-refractivity contribution in [3.8, 4) is 11.5 Å². The number of amides is 3. The lowest BCUT2D eigenvalue weighted by Crippen LogP contribution is -2.30. The van der Waals surface area contributed by atoms with Gasteiger partial charge in [0.05, 0.1) is 25.3 Å². The molecule has 0 saturated carbocycles. The molecule has 0 radical (unpaired) electrons. The highest BCUT2D eigenvalue weighted by Gasteiger charge is 2.33. The van der Waals surface area contributed by atoms with Crippen LogP contribution in [0.1, 0.15) is 18.1 Å². The molecule has 0 bridgehead atoms. The van der Waals surface area contributed by atoms with Crippen molar-refractivity contribution in [3.63, 3.8) is 0 Å². The Morgan fingerprint density at radius 3 is 2.54 bits per heavy atom. The highest BCUT2D eigenvalue weighted by Crippen LogP contribution is 2.34. The summed E-state index contributed by atoms with van der Waals surface area (Å²) in [4.78, 5) is 25.9. The second-order valence-electron chi connectivity index (χ2n) is 5.96. The zero-order valence-corrected chi connectivity index (χ0v) is 16.0. The van der Waals surface area contributed by atoms with Gasteiger partial charge in [-0.3, -0.25) is 9.69 Å². The number of nitrogens with zero attached hydrogens (tertiary/aromatic N) is 1. The van der Waals surface area contributed by atoms with Crippen molar-refractivity contribution in [1.29, 1.82) is 0 Å². The molecule has 0 unspecified atom stereocenters. The maximum absolute atomic E-state index is 13.0. The predicted molar refractivity (Wildman–Crippen MR) is 103 cm³/mol. The summed E-state index contributed by atoms with van der Waals surface area (Å²) < 4.78 is 23.8. The molecule has 6 nitrogen and oxygen atoms in total. The topological polar surface area (TPSA) is 67.9 Å². The molecule has 0 aliphatic carbocycles. The molecule has 1 fully saturated rings. The van der Waals surface area contributed by atoms with Gasteiger partial charge in [-0.15, -0.1) is 0 Å². The quantitative estimate of drug-likeness (QED) is 0.584. The first-order chi connectivity index (χ1) is 13.4. The maximum atomic E-state index is 13.0. The van der Waals surface area contributed by atoms with Crippen molar-refractivity contribution in [3.05, 3.63) is 64.1 Å². The number of urea groups is 1. The van der Waals surface area contributed by atoms with E-state index in [-0.39, 0.29) is 18.1 Å². The number of imide groups is 1. The van der Waals surface area contributed by atoms with Gasteiger partial charge in [-0.05, 0) is 42.3 Å². The van der Waals surface area contributed by atoms with Gasteiger partial charge >= 0.3 is 6.03 Å². The number of halogens is 2. The molecule has 3 amide bonds. The van der Waals surface area contributed by atoms with E-state index in [1.54, 1.807) is 12.1 Å². The third kappa shape index (κ3) is 4.09. The van der Waals surface area contributed by atoms with Crippen LogP contribution in [0.15, 0.2) is 42.1 Å². The highest BCUT2D eigenvalue weighted by atomic mass is 35.5. The molecule has 1 saturated heterocycles. The van der Waals surface area contributed by atoms with Crippen molar-refractivity contribution in [1.82, 2.24) is 10.2 Å². The molecule has 3 rings (SSSR count). The number of benzene rings is 2. The van der Waals surface area contributed by atoms with E-state index in [1.165, 1.54) is 37.5 Å². The minimum absolute atomic E-state index is 0.0304. The highest BCUT2D eigenvalue weighted by molar-refractivity contribution is 6.32. The summed E-state index contributed by atoms with van der Waals surface area (Å²) in [5, 5.41) is 2.88. The molecule has 1 N–H and O–H groups in total. The minimum Gasteiger partial charge on any atom is -0.493 e. The first kappa shape index (κ1) is 19.7. The van der Waals surface area contributed by atoms with E-state index in [1.807, 2.05) is 6.92 Å².